The van der Waals surface area contributed by atoms with Crippen molar-refractivity contribution in [2.75, 3.05) is 19.7 Å². The molecule has 1 atom stereocenters. The van der Waals surface area contributed by atoms with E-state index in [1.54, 1.807) is 12.4 Å². The van der Waals surface area contributed by atoms with E-state index in [4.69, 9.17) is 4.74 Å². The van der Waals surface area contributed by atoms with E-state index in [0.29, 0.717) is 25.3 Å². The van der Waals surface area contributed by atoms with Gasteiger partial charge in [0.25, 0.3) is 5.91 Å². The van der Waals surface area contributed by atoms with E-state index in [1.807, 2.05) is 40.8 Å². The maximum atomic E-state index is 12.9. The zero-order valence-electron chi connectivity index (χ0n) is 15.5. The Bertz CT molecular complexity index is 920. The maximum absolute atomic E-state index is 12.9. The van der Waals surface area contributed by atoms with Gasteiger partial charge in [-0.15, -0.1) is 0 Å². The molecule has 1 aliphatic heterocycles. The van der Waals surface area contributed by atoms with Crippen molar-refractivity contribution in [2.45, 2.75) is 32.4 Å². The summed E-state index contributed by atoms with van der Waals surface area (Å²) in [6.07, 6.45) is 5.57. The summed E-state index contributed by atoms with van der Waals surface area (Å²) in [4.78, 5) is 19.3. The summed E-state index contributed by atoms with van der Waals surface area (Å²) in [6.45, 7) is 4.75. The van der Waals surface area contributed by atoms with Crippen LogP contribution in [0.1, 0.15) is 35.7 Å². The third-order valence-corrected chi connectivity index (χ3v) is 4.97. The zero-order chi connectivity index (χ0) is 18.6. The standard InChI is InChI=1S/C21H24N4O2/c1-2-27-19-9-6-10-24(15-19)21(26)18-11-17-13-23-25(20(17)22-12-18)14-16-7-4-3-5-8-16/h3-5,7-8,11-13,19H,2,6,9-10,14-15H2,1H3. The molecule has 6 nitrogen and oxygen atoms in total. The highest BCUT2D eigenvalue weighted by atomic mass is 16.5. The van der Waals surface area contributed by atoms with Crippen molar-refractivity contribution in [3.63, 3.8) is 0 Å². The maximum Gasteiger partial charge on any atom is 0.255 e. The number of ether oxygens (including phenoxy) is 1. The molecule has 1 fully saturated rings. The lowest BCUT2D eigenvalue weighted by atomic mass is 10.1. The van der Waals surface area contributed by atoms with Crippen LogP contribution in [0.4, 0.5) is 0 Å². The number of hydrogen-bond acceptors (Lipinski definition) is 4. The third kappa shape index (κ3) is 3.85. The van der Waals surface area contributed by atoms with Gasteiger partial charge in [-0.25, -0.2) is 9.67 Å². The molecule has 0 radical (unpaired) electrons. The molecular weight excluding hydrogens is 340 g/mol. The average Bonchev–Trinajstić information content (AvgIpc) is 3.11. The second-order valence-corrected chi connectivity index (χ2v) is 6.90. The number of fused-ring (bicyclic) bond motifs is 1. The normalized spacial score (nSPS) is 17.4. The fourth-order valence-corrected chi connectivity index (χ4v) is 3.64. The van der Waals surface area contributed by atoms with Gasteiger partial charge < -0.3 is 9.64 Å². The van der Waals surface area contributed by atoms with Crippen molar-refractivity contribution >= 4 is 16.9 Å². The Kier molecular flexibility index (Phi) is 5.16. The van der Waals surface area contributed by atoms with Crippen LogP contribution < -0.4 is 0 Å². The first-order valence-corrected chi connectivity index (χ1v) is 9.51. The summed E-state index contributed by atoms with van der Waals surface area (Å²) in [5.41, 5.74) is 2.57. The monoisotopic (exact) mass is 364 g/mol. The van der Waals surface area contributed by atoms with E-state index < -0.39 is 0 Å². The Balaban J connectivity index is 1.53. The molecule has 1 unspecified atom stereocenters. The predicted octanol–water partition coefficient (Wildman–Crippen LogP) is 3.12. The van der Waals surface area contributed by atoms with Gasteiger partial charge in [0.1, 0.15) is 0 Å². The van der Waals surface area contributed by atoms with Crippen molar-refractivity contribution in [3.05, 3.63) is 59.9 Å². The third-order valence-electron chi connectivity index (χ3n) is 4.97. The van der Waals surface area contributed by atoms with Gasteiger partial charge in [-0.3, -0.25) is 4.79 Å². The van der Waals surface area contributed by atoms with Crippen LogP contribution in [-0.4, -0.2) is 51.4 Å². The molecule has 1 aliphatic rings. The number of carbonyl (C=O) groups is 1. The van der Waals surface area contributed by atoms with Crippen LogP contribution in [-0.2, 0) is 11.3 Å². The van der Waals surface area contributed by atoms with Gasteiger partial charge in [-0.1, -0.05) is 30.3 Å². The highest BCUT2D eigenvalue weighted by Gasteiger charge is 2.25. The van der Waals surface area contributed by atoms with Crippen molar-refractivity contribution in [1.29, 1.82) is 0 Å². The number of benzene rings is 1. The molecule has 4 rings (SSSR count). The minimum Gasteiger partial charge on any atom is -0.377 e. The van der Waals surface area contributed by atoms with E-state index in [1.165, 1.54) is 5.56 Å². The molecule has 0 aliphatic carbocycles. The van der Waals surface area contributed by atoms with Crippen molar-refractivity contribution in [3.8, 4) is 0 Å². The number of likely N-dealkylation sites (tertiary alicyclic amines) is 1. The first-order valence-electron chi connectivity index (χ1n) is 9.51. The first-order chi connectivity index (χ1) is 13.2. The molecule has 3 heterocycles. The van der Waals surface area contributed by atoms with E-state index in [0.717, 1.165) is 30.4 Å². The quantitative estimate of drug-likeness (QED) is 0.698. The Labute approximate surface area is 158 Å². The number of nitrogens with zero attached hydrogens (tertiary/aromatic N) is 4. The Morgan fingerprint density at radius 1 is 1.26 bits per heavy atom. The second kappa shape index (κ2) is 7.88. The lowest BCUT2D eigenvalue weighted by Gasteiger charge is -2.32. The Morgan fingerprint density at radius 2 is 2.11 bits per heavy atom. The highest BCUT2D eigenvalue weighted by molar-refractivity contribution is 5.96. The van der Waals surface area contributed by atoms with Crippen LogP contribution in [0.2, 0.25) is 0 Å². The van der Waals surface area contributed by atoms with Crippen LogP contribution in [0.5, 0.6) is 0 Å². The van der Waals surface area contributed by atoms with E-state index in [9.17, 15) is 4.79 Å². The van der Waals surface area contributed by atoms with E-state index >= 15 is 0 Å². The molecular formula is C21H24N4O2. The van der Waals surface area contributed by atoms with Crippen LogP contribution in [0, 0.1) is 0 Å². The van der Waals surface area contributed by atoms with Crippen LogP contribution in [0.15, 0.2) is 48.8 Å². The number of hydrogen-bond donors (Lipinski definition) is 0. The SMILES string of the molecule is CCOC1CCCN(C(=O)c2cnc3c(cnn3Cc3ccccc3)c2)C1. The van der Waals surface area contributed by atoms with Gasteiger partial charge in [0.2, 0.25) is 0 Å². The lowest BCUT2D eigenvalue weighted by molar-refractivity contribution is 0.00723. The predicted molar refractivity (Wildman–Crippen MR) is 104 cm³/mol. The molecule has 1 aromatic carbocycles. The van der Waals surface area contributed by atoms with Crippen LogP contribution >= 0.6 is 0 Å². The second-order valence-electron chi connectivity index (χ2n) is 6.90. The average molecular weight is 364 g/mol. The molecule has 0 spiro atoms. The minimum absolute atomic E-state index is 0.0182. The fraction of sp³-hybridized carbons (Fsp3) is 0.381. The fourth-order valence-electron chi connectivity index (χ4n) is 3.64. The van der Waals surface area contributed by atoms with Crippen molar-refractivity contribution < 1.29 is 9.53 Å². The van der Waals surface area contributed by atoms with E-state index in [2.05, 4.69) is 22.2 Å². The van der Waals surface area contributed by atoms with Gasteiger partial charge in [-0.2, -0.15) is 5.10 Å². The summed E-state index contributed by atoms with van der Waals surface area (Å²) < 4.78 is 7.57. The zero-order valence-corrected chi connectivity index (χ0v) is 15.5. The molecule has 2 aromatic heterocycles. The molecule has 6 heteroatoms. The summed E-state index contributed by atoms with van der Waals surface area (Å²) in [5.74, 6) is 0.0182. The molecule has 0 saturated carbocycles. The number of pyridine rings is 1. The molecule has 1 saturated heterocycles. The number of carbonyl (C=O) groups excluding carboxylic acids is 1. The molecule has 1 amide bonds. The Hall–Kier alpha value is -2.73. The number of amides is 1. The first kappa shape index (κ1) is 17.7. The summed E-state index contributed by atoms with van der Waals surface area (Å²) in [7, 11) is 0. The van der Waals surface area contributed by atoms with Crippen LogP contribution in [0.25, 0.3) is 11.0 Å². The summed E-state index contributed by atoms with van der Waals surface area (Å²) in [5, 5.41) is 5.33. The largest absolute Gasteiger partial charge is 0.377 e. The van der Waals surface area contributed by atoms with E-state index in [-0.39, 0.29) is 12.0 Å². The number of aromatic nitrogens is 3. The van der Waals surface area contributed by atoms with Crippen molar-refractivity contribution in [2.24, 2.45) is 0 Å². The summed E-state index contributed by atoms with van der Waals surface area (Å²) >= 11 is 0. The molecule has 140 valence electrons. The minimum atomic E-state index is 0.0182. The molecule has 3 aromatic rings. The molecule has 27 heavy (non-hydrogen) atoms. The lowest BCUT2D eigenvalue weighted by Crippen LogP contribution is -2.43. The highest BCUT2D eigenvalue weighted by Crippen LogP contribution is 2.19. The van der Waals surface area contributed by atoms with Gasteiger partial charge in [0.05, 0.1) is 24.4 Å². The van der Waals surface area contributed by atoms with Gasteiger partial charge >= 0.3 is 0 Å². The number of rotatable bonds is 5. The summed E-state index contributed by atoms with van der Waals surface area (Å²) in [6, 6.07) is 12.0. The van der Waals surface area contributed by atoms with Gasteiger partial charge in [0, 0.05) is 31.3 Å². The molecule has 0 N–H and O–H groups in total. The van der Waals surface area contributed by atoms with Crippen molar-refractivity contribution in [1.82, 2.24) is 19.7 Å². The van der Waals surface area contributed by atoms with Gasteiger partial charge in [0.15, 0.2) is 5.65 Å². The molecule has 0 bridgehead atoms. The van der Waals surface area contributed by atoms with Gasteiger partial charge in [-0.05, 0) is 31.4 Å². The van der Waals surface area contributed by atoms with Crippen LogP contribution in [0.3, 0.4) is 0 Å². The Morgan fingerprint density at radius 3 is 2.93 bits per heavy atom. The number of piperidine rings is 1. The topological polar surface area (TPSA) is 60.2 Å². The smallest absolute Gasteiger partial charge is 0.255 e.